The van der Waals surface area contributed by atoms with Crippen molar-refractivity contribution < 1.29 is 9.59 Å². The van der Waals surface area contributed by atoms with Crippen LogP contribution in [-0.2, 0) is 9.59 Å². The van der Waals surface area contributed by atoms with Crippen LogP contribution in [0.15, 0.2) is 48.5 Å². The lowest BCUT2D eigenvalue weighted by molar-refractivity contribution is -0.122. The van der Waals surface area contributed by atoms with Crippen LogP contribution in [0.1, 0.15) is 0 Å². The van der Waals surface area contributed by atoms with E-state index in [4.69, 9.17) is 11.6 Å². The van der Waals surface area contributed by atoms with E-state index in [0.29, 0.717) is 12.2 Å². The van der Waals surface area contributed by atoms with E-state index in [1.165, 1.54) is 0 Å². The van der Waals surface area contributed by atoms with Crippen LogP contribution in [0, 0.1) is 0 Å². The Morgan fingerprint density at radius 1 is 0.963 bits per heavy atom. The van der Waals surface area contributed by atoms with Gasteiger partial charge >= 0.3 is 0 Å². The Kier molecular flexibility index (Phi) is 5.01. The fraction of sp³-hybridized carbons (Fsp3) is 0.300. The molecule has 0 bridgehead atoms. The minimum absolute atomic E-state index is 0.0523. The maximum absolute atomic E-state index is 12.8. The highest BCUT2D eigenvalue weighted by Crippen LogP contribution is 2.29. The van der Waals surface area contributed by atoms with Gasteiger partial charge in [-0.3, -0.25) is 19.4 Å². The number of rotatable bonds is 3. The Hall–Kier alpha value is -2.57. The first-order valence-corrected chi connectivity index (χ1v) is 9.41. The summed E-state index contributed by atoms with van der Waals surface area (Å²) in [6.45, 7) is 3.55. The normalized spacial score (nSPS) is 17.4. The number of benzene rings is 2. The molecule has 2 aromatic carbocycles. The van der Waals surface area contributed by atoms with E-state index in [-0.39, 0.29) is 18.4 Å². The Balaban J connectivity index is 1.39. The molecule has 2 aliphatic rings. The quantitative estimate of drug-likeness (QED) is 0.883. The monoisotopic (exact) mass is 384 g/mol. The fourth-order valence-corrected chi connectivity index (χ4v) is 3.84. The first-order valence-electron chi connectivity index (χ1n) is 9.03. The first kappa shape index (κ1) is 17.8. The van der Waals surface area contributed by atoms with Crippen molar-refractivity contribution >= 4 is 40.5 Å². The zero-order valence-corrected chi connectivity index (χ0v) is 15.7. The summed E-state index contributed by atoms with van der Waals surface area (Å²) in [5.41, 5.74) is 2.48. The second kappa shape index (κ2) is 7.58. The third-order valence-electron chi connectivity index (χ3n) is 5.00. The molecule has 0 radical (unpaired) electrons. The molecular weight excluding hydrogens is 364 g/mol. The van der Waals surface area contributed by atoms with Crippen molar-refractivity contribution in [1.82, 2.24) is 4.90 Å². The number of hydrogen-bond donors (Lipinski definition) is 1. The van der Waals surface area contributed by atoms with Gasteiger partial charge in [-0.15, -0.1) is 0 Å². The van der Waals surface area contributed by atoms with Gasteiger partial charge in [0, 0.05) is 26.2 Å². The van der Waals surface area contributed by atoms with E-state index in [1.54, 1.807) is 4.90 Å². The lowest BCUT2D eigenvalue weighted by Crippen LogP contribution is -2.52. The van der Waals surface area contributed by atoms with Gasteiger partial charge in [-0.25, -0.2) is 0 Å². The number of carbonyl (C=O) groups excluding carboxylic acids is 2. The van der Waals surface area contributed by atoms with Crippen LogP contribution in [0.5, 0.6) is 0 Å². The van der Waals surface area contributed by atoms with Gasteiger partial charge < -0.3 is 10.2 Å². The summed E-state index contributed by atoms with van der Waals surface area (Å²) in [6.07, 6.45) is 0. The van der Waals surface area contributed by atoms with Gasteiger partial charge in [-0.2, -0.15) is 0 Å². The molecule has 1 saturated heterocycles. The summed E-state index contributed by atoms with van der Waals surface area (Å²) in [7, 11) is 0. The lowest BCUT2D eigenvalue weighted by atomic mass is 10.2. The third kappa shape index (κ3) is 3.77. The van der Waals surface area contributed by atoms with Gasteiger partial charge in [0.25, 0.3) is 0 Å². The minimum atomic E-state index is -0.161. The van der Waals surface area contributed by atoms with E-state index >= 15 is 0 Å². The maximum Gasteiger partial charge on any atom is 0.244 e. The molecule has 2 aromatic rings. The number of nitrogens with zero attached hydrogens (tertiary/aromatic N) is 3. The van der Waals surface area contributed by atoms with Crippen molar-refractivity contribution in [3.05, 3.63) is 53.6 Å². The number of amides is 2. The Morgan fingerprint density at radius 2 is 1.63 bits per heavy atom. The predicted molar refractivity (Wildman–Crippen MR) is 108 cm³/mol. The van der Waals surface area contributed by atoms with E-state index < -0.39 is 0 Å². The molecular formula is C20H21ClN4O2. The van der Waals surface area contributed by atoms with Gasteiger partial charge in [-0.1, -0.05) is 35.9 Å². The molecule has 1 N–H and O–H groups in total. The number of halogens is 1. The predicted octanol–water partition coefficient (Wildman–Crippen LogP) is 2.45. The maximum atomic E-state index is 12.8. The highest BCUT2D eigenvalue weighted by Gasteiger charge is 2.28. The van der Waals surface area contributed by atoms with Crippen molar-refractivity contribution in [1.29, 1.82) is 0 Å². The van der Waals surface area contributed by atoms with Crippen molar-refractivity contribution in [3.63, 3.8) is 0 Å². The summed E-state index contributed by atoms with van der Waals surface area (Å²) in [6, 6.07) is 15.2. The fourth-order valence-electron chi connectivity index (χ4n) is 3.59. The van der Waals surface area contributed by atoms with Gasteiger partial charge in [-0.05, 0) is 24.3 Å². The molecule has 0 unspecified atom stereocenters. The second-order valence-electron chi connectivity index (χ2n) is 6.76. The van der Waals surface area contributed by atoms with E-state index in [2.05, 4.69) is 15.1 Å². The SMILES string of the molecule is O=C1CN(C(=O)CN2CCN(c3ccccc3Cl)CC2)c2ccccc2N1. The van der Waals surface area contributed by atoms with Crippen molar-refractivity contribution in [2.75, 3.05) is 54.4 Å². The molecule has 0 spiro atoms. The average molecular weight is 385 g/mol. The van der Waals surface area contributed by atoms with Gasteiger partial charge in [0.2, 0.25) is 11.8 Å². The molecule has 0 aromatic heterocycles. The highest BCUT2D eigenvalue weighted by atomic mass is 35.5. The lowest BCUT2D eigenvalue weighted by Gasteiger charge is -2.37. The number of fused-ring (bicyclic) bond motifs is 1. The topological polar surface area (TPSA) is 55.9 Å². The van der Waals surface area contributed by atoms with Crippen molar-refractivity contribution in [2.24, 2.45) is 0 Å². The number of carbonyl (C=O) groups is 2. The molecule has 2 heterocycles. The largest absolute Gasteiger partial charge is 0.368 e. The molecule has 4 rings (SSSR count). The summed E-state index contributed by atoms with van der Waals surface area (Å²) in [5.74, 6) is -0.214. The van der Waals surface area contributed by atoms with E-state index in [1.807, 2.05) is 48.5 Å². The Labute approximate surface area is 163 Å². The van der Waals surface area contributed by atoms with Crippen LogP contribution in [-0.4, -0.2) is 56.0 Å². The number of nitrogens with one attached hydrogen (secondary N) is 1. The van der Waals surface area contributed by atoms with Crippen molar-refractivity contribution in [3.8, 4) is 0 Å². The summed E-state index contributed by atoms with van der Waals surface area (Å²) >= 11 is 6.29. The molecule has 2 aliphatic heterocycles. The molecule has 27 heavy (non-hydrogen) atoms. The molecule has 7 heteroatoms. The summed E-state index contributed by atoms with van der Waals surface area (Å²) in [5, 5.41) is 3.56. The van der Waals surface area contributed by atoms with E-state index in [9.17, 15) is 9.59 Å². The highest BCUT2D eigenvalue weighted by molar-refractivity contribution is 6.33. The molecule has 2 amide bonds. The minimum Gasteiger partial charge on any atom is -0.368 e. The molecule has 0 aliphatic carbocycles. The molecule has 0 atom stereocenters. The first-order chi connectivity index (χ1) is 13.1. The van der Waals surface area contributed by atoms with Crippen LogP contribution >= 0.6 is 11.6 Å². The van der Waals surface area contributed by atoms with Crippen LogP contribution in [0.25, 0.3) is 0 Å². The van der Waals surface area contributed by atoms with Gasteiger partial charge in [0.1, 0.15) is 6.54 Å². The number of piperazine rings is 1. The van der Waals surface area contributed by atoms with Crippen LogP contribution in [0.3, 0.4) is 0 Å². The van der Waals surface area contributed by atoms with Crippen LogP contribution in [0.4, 0.5) is 17.1 Å². The zero-order chi connectivity index (χ0) is 18.8. The molecule has 1 fully saturated rings. The third-order valence-corrected chi connectivity index (χ3v) is 5.32. The van der Waals surface area contributed by atoms with Crippen LogP contribution < -0.4 is 15.1 Å². The summed E-state index contributed by atoms with van der Waals surface area (Å²) < 4.78 is 0. The molecule has 140 valence electrons. The summed E-state index contributed by atoms with van der Waals surface area (Å²) in [4.78, 5) is 30.7. The van der Waals surface area contributed by atoms with Crippen LogP contribution in [0.2, 0.25) is 5.02 Å². The van der Waals surface area contributed by atoms with Crippen molar-refractivity contribution in [2.45, 2.75) is 0 Å². The second-order valence-corrected chi connectivity index (χ2v) is 7.17. The number of anilines is 3. The zero-order valence-electron chi connectivity index (χ0n) is 14.9. The smallest absolute Gasteiger partial charge is 0.244 e. The molecule has 0 saturated carbocycles. The van der Waals surface area contributed by atoms with Gasteiger partial charge in [0.05, 0.1) is 28.6 Å². The Morgan fingerprint density at radius 3 is 2.37 bits per heavy atom. The average Bonchev–Trinajstić information content (AvgIpc) is 2.68. The van der Waals surface area contributed by atoms with E-state index in [0.717, 1.165) is 42.6 Å². The standard InChI is InChI=1S/C20H21ClN4O2/c21-15-5-1-3-7-17(15)24-11-9-23(10-12-24)14-20(27)25-13-19(26)22-16-6-2-4-8-18(16)25/h1-8H,9-14H2,(H,22,26). The van der Waals surface area contributed by atoms with Gasteiger partial charge in [0.15, 0.2) is 0 Å². The Bertz CT molecular complexity index is 865. The number of hydrogen-bond acceptors (Lipinski definition) is 4. The number of para-hydroxylation sites is 3. The molecule has 6 nitrogen and oxygen atoms in total.